The molecule has 4 aromatic rings. The number of ether oxygens (including phenoxy) is 1. The Morgan fingerprint density at radius 1 is 1.12 bits per heavy atom. The van der Waals surface area contributed by atoms with Gasteiger partial charge in [-0.25, -0.2) is 0 Å². The van der Waals surface area contributed by atoms with Crippen molar-refractivity contribution in [1.29, 1.82) is 0 Å². The number of nitrogens with zero attached hydrogens (tertiary/aromatic N) is 2. The third-order valence-electron chi connectivity index (χ3n) is 4.50. The molecule has 0 amide bonds. The van der Waals surface area contributed by atoms with Crippen LogP contribution in [-0.2, 0) is 6.42 Å². The fourth-order valence-electron chi connectivity index (χ4n) is 3.48. The maximum Gasteiger partial charge on any atom is 0.241 e. The third-order valence-corrected chi connectivity index (χ3v) is 5.00. The Hall–Kier alpha value is -2.23. The first-order chi connectivity index (χ1) is 11.6. The van der Waals surface area contributed by atoms with Crippen LogP contribution in [0.15, 0.2) is 42.5 Å². The molecule has 3 nitrogen and oxygen atoms in total. The molecule has 0 atom stereocenters. The Balaban J connectivity index is 1.83. The molecule has 2 aromatic carbocycles. The van der Waals surface area contributed by atoms with Crippen LogP contribution in [0.2, 0.25) is 10.0 Å². The van der Waals surface area contributed by atoms with Gasteiger partial charge in [-0.3, -0.25) is 4.40 Å². The fraction of sp³-hybridized carbons (Fsp3) is 0.105. The van der Waals surface area contributed by atoms with Gasteiger partial charge in [-0.15, -0.1) is 0 Å². The maximum absolute atomic E-state index is 6.29. The monoisotopic (exact) mass is 354 g/mol. The van der Waals surface area contributed by atoms with Gasteiger partial charge in [0.05, 0.1) is 10.7 Å². The van der Waals surface area contributed by atoms with Crippen LogP contribution in [0.5, 0.6) is 11.6 Å². The van der Waals surface area contributed by atoms with Gasteiger partial charge in [0.25, 0.3) is 0 Å². The highest BCUT2D eigenvalue weighted by Gasteiger charge is 2.26. The van der Waals surface area contributed by atoms with Gasteiger partial charge in [-0.05, 0) is 30.5 Å². The Morgan fingerprint density at radius 3 is 2.83 bits per heavy atom. The number of hydrogen-bond acceptors (Lipinski definition) is 2. The second-order valence-electron chi connectivity index (χ2n) is 6.05. The molecule has 24 heavy (non-hydrogen) atoms. The van der Waals surface area contributed by atoms with Crippen molar-refractivity contribution in [3.8, 4) is 11.6 Å². The molecule has 0 unspecified atom stereocenters. The third kappa shape index (κ3) is 1.89. The van der Waals surface area contributed by atoms with Gasteiger partial charge in [-0.2, -0.15) is 4.98 Å². The number of pyridine rings is 1. The van der Waals surface area contributed by atoms with Gasteiger partial charge >= 0.3 is 0 Å². The van der Waals surface area contributed by atoms with E-state index >= 15 is 0 Å². The summed E-state index contributed by atoms with van der Waals surface area (Å²) in [5.41, 5.74) is 4.04. The lowest BCUT2D eigenvalue weighted by Gasteiger charge is -2.18. The number of benzene rings is 2. The first kappa shape index (κ1) is 14.1. The van der Waals surface area contributed by atoms with Crippen LogP contribution in [-0.4, -0.2) is 9.38 Å². The number of imidazole rings is 1. The minimum absolute atomic E-state index is 0.516. The SMILES string of the molecule is Cc1cc2ccccc2c2nc3c(n12)Cc1cc(Cl)cc(Cl)c1O3. The molecule has 5 rings (SSSR count). The quantitative estimate of drug-likeness (QED) is 0.351. The van der Waals surface area contributed by atoms with Gasteiger partial charge in [0.1, 0.15) is 5.65 Å². The van der Waals surface area contributed by atoms with Crippen LogP contribution in [0.3, 0.4) is 0 Å². The molecule has 0 aliphatic carbocycles. The number of aryl methyl sites for hydroxylation is 1. The molecule has 3 heterocycles. The molecule has 0 radical (unpaired) electrons. The second-order valence-corrected chi connectivity index (χ2v) is 6.89. The van der Waals surface area contributed by atoms with Crippen LogP contribution in [0.1, 0.15) is 17.0 Å². The zero-order valence-corrected chi connectivity index (χ0v) is 14.3. The first-order valence-electron chi connectivity index (χ1n) is 7.67. The van der Waals surface area contributed by atoms with Crippen molar-refractivity contribution < 1.29 is 4.74 Å². The summed E-state index contributed by atoms with van der Waals surface area (Å²) in [7, 11) is 0. The predicted molar refractivity (Wildman–Crippen MR) is 96.8 cm³/mol. The van der Waals surface area contributed by atoms with E-state index in [1.807, 2.05) is 18.2 Å². The number of halogens is 2. The lowest BCUT2D eigenvalue weighted by molar-refractivity contribution is 0.443. The first-order valence-corrected chi connectivity index (χ1v) is 8.43. The molecule has 5 heteroatoms. The van der Waals surface area contributed by atoms with E-state index in [4.69, 9.17) is 32.9 Å². The van der Waals surface area contributed by atoms with E-state index in [0.717, 1.165) is 28.0 Å². The van der Waals surface area contributed by atoms with Gasteiger partial charge in [0, 0.05) is 28.1 Å². The van der Waals surface area contributed by atoms with Crippen molar-refractivity contribution in [1.82, 2.24) is 9.38 Å². The molecule has 1 aliphatic rings. The molecule has 0 saturated carbocycles. The highest BCUT2D eigenvalue weighted by atomic mass is 35.5. The molecule has 118 valence electrons. The molecule has 0 spiro atoms. The predicted octanol–water partition coefficient (Wildman–Crippen LogP) is 5.80. The zero-order chi connectivity index (χ0) is 16.4. The van der Waals surface area contributed by atoms with E-state index in [2.05, 4.69) is 29.5 Å². The minimum Gasteiger partial charge on any atom is -0.435 e. The van der Waals surface area contributed by atoms with Crippen molar-refractivity contribution in [3.63, 3.8) is 0 Å². The summed E-state index contributed by atoms with van der Waals surface area (Å²) in [5, 5.41) is 3.40. The van der Waals surface area contributed by atoms with E-state index in [-0.39, 0.29) is 0 Å². The lowest BCUT2D eigenvalue weighted by Crippen LogP contribution is -2.06. The second kappa shape index (κ2) is 4.88. The topological polar surface area (TPSA) is 26.5 Å². The van der Waals surface area contributed by atoms with Crippen LogP contribution >= 0.6 is 23.2 Å². The smallest absolute Gasteiger partial charge is 0.241 e. The standard InChI is InChI=1S/C19H12Cl2N2O/c1-10-6-11-4-2-3-5-14(11)18-22-19-16(23(10)18)8-12-7-13(20)9-15(21)17(12)24-19/h2-7,9H,8H2,1H3. The summed E-state index contributed by atoms with van der Waals surface area (Å²) in [6.07, 6.45) is 0.686. The van der Waals surface area contributed by atoms with Crippen LogP contribution in [0.25, 0.3) is 16.4 Å². The van der Waals surface area contributed by atoms with Gasteiger partial charge in [0.15, 0.2) is 5.75 Å². The van der Waals surface area contributed by atoms with E-state index < -0.39 is 0 Å². The lowest BCUT2D eigenvalue weighted by atomic mass is 10.1. The molecular formula is C19H12Cl2N2O. The van der Waals surface area contributed by atoms with E-state index in [9.17, 15) is 0 Å². The number of hydrogen-bond donors (Lipinski definition) is 0. The van der Waals surface area contributed by atoms with Gasteiger partial charge < -0.3 is 4.74 Å². The number of rotatable bonds is 0. The Kier molecular flexibility index (Phi) is 2.88. The van der Waals surface area contributed by atoms with Crippen LogP contribution < -0.4 is 4.74 Å². The van der Waals surface area contributed by atoms with Crippen molar-refractivity contribution in [3.05, 3.63) is 69.5 Å². The maximum atomic E-state index is 6.29. The summed E-state index contributed by atoms with van der Waals surface area (Å²) < 4.78 is 8.19. The highest BCUT2D eigenvalue weighted by molar-refractivity contribution is 6.35. The average Bonchev–Trinajstić information content (AvgIpc) is 2.92. The Labute approximate surface area is 148 Å². The summed E-state index contributed by atoms with van der Waals surface area (Å²) in [5.74, 6) is 1.27. The number of aromatic nitrogens is 2. The molecule has 0 bridgehead atoms. The Bertz CT molecular complexity index is 1150. The average molecular weight is 355 g/mol. The Morgan fingerprint density at radius 2 is 1.96 bits per heavy atom. The largest absolute Gasteiger partial charge is 0.435 e. The van der Waals surface area contributed by atoms with Crippen LogP contribution in [0, 0.1) is 6.92 Å². The van der Waals surface area contributed by atoms with Gasteiger partial charge in [-0.1, -0.05) is 47.5 Å². The van der Waals surface area contributed by atoms with E-state index in [1.54, 1.807) is 6.07 Å². The zero-order valence-electron chi connectivity index (χ0n) is 12.8. The van der Waals surface area contributed by atoms with Crippen molar-refractivity contribution in [2.24, 2.45) is 0 Å². The highest BCUT2D eigenvalue weighted by Crippen LogP contribution is 2.43. The molecule has 0 saturated heterocycles. The molecule has 0 N–H and O–H groups in total. The summed E-state index contributed by atoms with van der Waals surface area (Å²) >= 11 is 12.4. The van der Waals surface area contributed by atoms with Crippen LogP contribution in [0.4, 0.5) is 0 Å². The van der Waals surface area contributed by atoms with E-state index in [0.29, 0.717) is 28.1 Å². The van der Waals surface area contributed by atoms with Gasteiger partial charge in [0.2, 0.25) is 5.88 Å². The fourth-order valence-corrected chi connectivity index (χ4v) is 4.06. The molecule has 1 aliphatic heterocycles. The van der Waals surface area contributed by atoms with Crippen molar-refractivity contribution in [2.75, 3.05) is 0 Å². The molecular weight excluding hydrogens is 343 g/mol. The van der Waals surface area contributed by atoms with E-state index in [1.165, 1.54) is 5.39 Å². The minimum atomic E-state index is 0.516. The normalized spacial score (nSPS) is 13.0. The summed E-state index contributed by atoms with van der Waals surface area (Å²) in [4.78, 5) is 4.75. The van der Waals surface area contributed by atoms with Crippen molar-refractivity contribution in [2.45, 2.75) is 13.3 Å². The molecule has 0 fully saturated rings. The van der Waals surface area contributed by atoms with Crippen molar-refractivity contribution >= 4 is 39.6 Å². The summed E-state index contributed by atoms with van der Waals surface area (Å²) in [6.45, 7) is 2.09. The number of fused-ring (bicyclic) bond motifs is 6. The summed E-state index contributed by atoms with van der Waals surface area (Å²) in [6, 6.07) is 14.0. The molecule has 2 aromatic heterocycles.